The van der Waals surface area contributed by atoms with Crippen LogP contribution in [0.25, 0.3) is 0 Å². The molecule has 2 aromatic rings. The Morgan fingerprint density at radius 3 is 2.57 bits per heavy atom. The van der Waals surface area contributed by atoms with Gasteiger partial charge in [0.25, 0.3) is 5.91 Å². The molecule has 0 aliphatic carbocycles. The summed E-state index contributed by atoms with van der Waals surface area (Å²) < 4.78 is 0. The van der Waals surface area contributed by atoms with E-state index < -0.39 is 5.91 Å². The van der Waals surface area contributed by atoms with Gasteiger partial charge in [0.05, 0.1) is 28.4 Å². The summed E-state index contributed by atoms with van der Waals surface area (Å²) in [6.45, 7) is 0. The highest BCUT2D eigenvalue weighted by Gasteiger charge is 2.09. The van der Waals surface area contributed by atoms with Crippen molar-refractivity contribution in [2.75, 3.05) is 0 Å². The molecule has 0 saturated heterocycles. The molecule has 0 bridgehead atoms. The number of carbonyl (C=O) groups excluding carboxylic acids is 1. The van der Waals surface area contributed by atoms with Crippen molar-refractivity contribution in [1.82, 2.24) is 5.43 Å². The third-order valence-corrected chi connectivity index (χ3v) is 3.16. The molecule has 0 heterocycles. The van der Waals surface area contributed by atoms with Crippen LogP contribution in [0.1, 0.15) is 21.5 Å². The summed E-state index contributed by atoms with van der Waals surface area (Å²) in [6, 6.07) is 13.4. The first-order chi connectivity index (χ1) is 10.1. The Kier molecular flexibility index (Phi) is 4.94. The first-order valence-corrected chi connectivity index (χ1v) is 6.64. The van der Waals surface area contributed by atoms with E-state index in [-0.39, 0.29) is 5.56 Å². The van der Waals surface area contributed by atoms with Gasteiger partial charge in [-0.1, -0.05) is 35.3 Å². The SMILES string of the molecule is N#Cc1ccc(/C=N\NC(=O)c2cc(Cl)ccc2Cl)cc1. The normalized spacial score (nSPS) is 10.3. The van der Waals surface area contributed by atoms with Crippen LogP contribution in [0.3, 0.4) is 0 Å². The molecule has 0 fully saturated rings. The summed E-state index contributed by atoms with van der Waals surface area (Å²) in [5, 5.41) is 13.2. The standard InChI is InChI=1S/C15H9Cl2N3O/c16-12-5-6-14(17)13(7-12)15(21)20-19-9-11-3-1-10(8-18)2-4-11/h1-7,9H,(H,20,21)/b19-9-. The number of hydrogen-bond acceptors (Lipinski definition) is 3. The maximum absolute atomic E-state index is 11.9. The lowest BCUT2D eigenvalue weighted by atomic mass is 10.2. The molecule has 0 aliphatic rings. The summed E-state index contributed by atoms with van der Waals surface area (Å²) in [4.78, 5) is 11.9. The largest absolute Gasteiger partial charge is 0.272 e. The average molecular weight is 318 g/mol. The second kappa shape index (κ2) is 6.89. The zero-order valence-electron chi connectivity index (χ0n) is 10.7. The summed E-state index contributed by atoms with van der Waals surface area (Å²) in [7, 11) is 0. The number of hydrazone groups is 1. The maximum Gasteiger partial charge on any atom is 0.272 e. The van der Waals surface area contributed by atoms with Crippen LogP contribution in [0.5, 0.6) is 0 Å². The van der Waals surface area contributed by atoms with E-state index in [0.717, 1.165) is 5.56 Å². The Balaban J connectivity index is 2.04. The van der Waals surface area contributed by atoms with Gasteiger partial charge in [-0.3, -0.25) is 4.79 Å². The quantitative estimate of drug-likeness (QED) is 0.694. The predicted molar refractivity (Wildman–Crippen MR) is 82.7 cm³/mol. The van der Waals surface area contributed by atoms with E-state index in [0.29, 0.717) is 15.6 Å². The molecule has 21 heavy (non-hydrogen) atoms. The molecule has 0 aromatic heterocycles. The van der Waals surface area contributed by atoms with Crippen molar-refractivity contribution < 1.29 is 4.79 Å². The van der Waals surface area contributed by atoms with Crippen LogP contribution in [0.4, 0.5) is 0 Å². The van der Waals surface area contributed by atoms with E-state index in [4.69, 9.17) is 28.5 Å². The molecule has 1 N–H and O–H groups in total. The third-order valence-electron chi connectivity index (χ3n) is 2.59. The van der Waals surface area contributed by atoms with Crippen molar-refractivity contribution in [3.63, 3.8) is 0 Å². The fraction of sp³-hybridized carbons (Fsp3) is 0. The molecule has 2 rings (SSSR count). The van der Waals surface area contributed by atoms with E-state index in [1.165, 1.54) is 12.3 Å². The zero-order chi connectivity index (χ0) is 15.2. The Hall–Kier alpha value is -2.35. The summed E-state index contributed by atoms with van der Waals surface area (Å²) >= 11 is 11.7. The van der Waals surface area contributed by atoms with E-state index in [9.17, 15) is 4.79 Å². The van der Waals surface area contributed by atoms with Gasteiger partial charge in [-0.15, -0.1) is 0 Å². The number of halogens is 2. The van der Waals surface area contributed by atoms with E-state index >= 15 is 0 Å². The van der Waals surface area contributed by atoms with Crippen LogP contribution >= 0.6 is 23.2 Å². The molecule has 0 unspecified atom stereocenters. The van der Waals surface area contributed by atoms with E-state index in [2.05, 4.69) is 10.5 Å². The van der Waals surface area contributed by atoms with Crippen molar-refractivity contribution >= 4 is 35.3 Å². The van der Waals surface area contributed by atoms with Crippen LogP contribution < -0.4 is 5.43 Å². The first-order valence-electron chi connectivity index (χ1n) is 5.89. The van der Waals surface area contributed by atoms with E-state index in [1.807, 2.05) is 6.07 Å². The number of benzene rings is 2. The molecule has 0 saturated carbocycles. The van der Waals surface area contributed by atoms with Crippen molar-refractivity contribution in [3.8, 4) is 6.07 Å². The van der Waals surface area contributed by atoms with Gasteiger partial charge in [0.1, 0.15) is 0 Å². The number of hydrogen-bond donors (Lipinski definition) is 1. The number of nitriles is 1. The molecule has 4 nitrogen and oxygen atoms in total. The lowest BCUT2D eigenvalue weighted by molar-refractivity contribution is 0.0955. The Morgan fingerprint density at radius 2 is 1.90 bits per heavy atom. The average Bonchev–Trinajstić information content (AvgIpc) is 2.50. The molecule has 2 aromatic carbocycles. The van der Waals surface area contributed by atoms with Gasteiger partial charge in [-0.25, -0.2) is 5.43 Å². The van der Waals surface area contributed by atoms with Crippen LogP contribution in [0, 0.1) is 11.3 Å². The first kappa shape index (κ1) is 15.0. The van der Waals surface area contributed by atoms with Crippen molar-refractivity contribution in [2.45, 2.75) is 0 Å². The fourth-order valence-electron chi connectivity index (χ4n) is 1.54. The molecular weight excluding hydrogens is 309 g/mol. The number of carbonyl (C=O) groups is 1. The van der Waals surface area contributed by atoms with Gasteiger partial charge < -0.3 is 0 Å². The molecule has 104 valence electrons. The summed E-state index contributed by atoms with van der Waals surface area (Å²) in [6.07, 6.45) is 1.47. The van der Waals surface area contributed by atoms with Crippen LogP contribution in [-0.2, 0) is 0 Å². The van der Waals surface area contributed by atoms with Gasteiger partial charge in [0, 0.05) is 5.02 Å². The summed E-state index contributed by atoms with van der Waals surface area (Å²) in [5.41, 5.74) is 3.93. The maximum atomic E-state index is 11.9. The molecular formula is C15H9Cl2N3O. The highest BCUT2D eigenvalue weighted by Crippen LogP contribution is 2.20. The van der Waals surface area contributed by atoms with Crippen LogP contribution in [-0.4, -0.2) is 12.1 Å². The minimum atomic E-state index is -0.451. The second-order valence-electron chi connectivity index (χ2n) is 4.06. The van der Waals surface area contributed by atoms with Gasteiger partial charge in [0.15, 0.2) is 0 Å². The number of rotatable bonds is 3. The minimum absolute atomic E-state index is 0.251. The lowest BCUT2D eigenvalue weighted by Gasteiger charge is -2.03. The highest BCUT2D eigenvalue weighted by atomic mass is 35.5. The predicted octanol–water partition coefficient (Wildman–Crippen LogP) is 3.63. The molecule has 6 heteroatoms. The number of nitrogens with zero attached hydrogens (tertiary/aromatic N) is 2. The van der Waals surface area contributed by atoms with Crippen molar-refractivity contribution in [2.24, 2.45) is 5.10 Å². The smallest absolute Gasteiger partial charge is 0.267 e. The van der Waals surface area contributed by atoms with Gasteiger partial charge in [-0.2, -0.15) is 10.4 Å². The van der Waals surface area contributed by atoms with Gasteiger partial charge >= 0.3 is 0 Å². The monoisotopic (exact) mass is 317 g/mol. The van der Waals surface area contributed by atoms with Crippen molar-refractivity contribution in [1.29, 1.82) is 5.26 Å². The molecule has 0 radical (unpaired) electrons. The Bertz CT molecular complexity index is 734. The highest BCUT2D eigenvalue weighted by molar-refractivity contribution is 6.35. The summed E-state index contributed by atoms with van der Waals surface area (Å²) in [5.74, 6) is -0.451. The molecule has 1 amide bonds. The molecule has 0 atom stereocenters. The Morgan fingerprint density at radius 1 is 1.19 bits per heavy atom. The van der Waals surface area contributed by atoms with Crippen LogP contribution in [0.2, 0.25) is 10.0 Å². The number of amides is 1. The van der Waals surface area contributed by atoms with Gasteiger partial charge in [-0.05, 0) is 35.9 Å². The molecule has 0 spiro atoms. The van der Waals surface area contributed by atoms with Crippen molar-refractivity contribution in [3.05, 3.63) is 69.2 Å². The molecule has 0 aliphatic heterocycles. The topological polar surface area (TPSA) is 65.2 Å². The lowest BCUT2D eigenvalue weighted by Crippen LogP contribution is -2.18. The van der Waals surface area contributed by atoms with Gasteiger partial charge in [0.2, 0.25) is 0 Å². The van der Waals surface area contributed by atoms with E-state index in [1.54, 1.807) is 36.4 Å². The third kappa shape index (κ3) is 4.06. The Labute approximate surface area is 131 Å². The minimum Gasteiger partial charge on any atom is -0.267 e. The number of nitrogens with one attached hydrogen (secondary N) is 1. The fourth-order valence-corrected chi connectivity index (χ4v) is 1.92. The second-order valence-corrected chi connectivity index (χ2v) is 4.90. The zero-order valence-corrected chi connectivity index (χ0v) is 12.2. The van der Waals surface area contributed by atoms with Crippen LogP contribution in [0.15, 0.2) is 47.6 Å².